The molecular weight excluding hydrogens is 360 g/mol. The summed E-state index contributed by atoms with van der Waals surface area (Å²) >= 11 is 0. The zero-order valence-corrected chi connectivity index (χ0v) is 19.9. The molecule has 2 unspecified atom stereocenters. The second-order valence-electron chi connectivity index (χ2n) is 9.80. The number of hydrogen-bond donors (Lipinski definition) is 0. The topological polar surface area (TPSA) is 0 Å². The molecule has 0 aromatic heterocycles. The molecule has 0 nitrogen and oxygen atoms in total. The van der Waals surface area contributed by atoms with Crippen molar-refractivity contribution in [2.24, 2.45) is 11.8 Å². The average molecular weight is 411 g/mol. The van der Waals surface area contributed by atoms with E-state index in [1.54, 1.807) is 25.7 Å². The Labute approximate surface area is 189 Å². The highest BCUT2D eigenvalue weighted by atomic mass is 14.3. The summed E-state index contributed by atoms with van der Waals surface area (Å²) in [5.41, 5.74) is 0. The fraction of sp³-hybridized carbons (Fsp3) is 0.733. The van der Waals surface area contributed by atoms with Crippen LogP contribution in [-0.2, 0) is 0 Å². The van der Waals surface area contributed by atoms with E-state index >= 15 is 0 Å². The van der Waals surface area contributed by atoms with Gasteiger partial charge >= 0.3 is 0 Å². The second kappa shape index (κ2) is 18.7. The largest absolute Gasteiger partial charge is 0.0885 e. The summed E-state index contributed by atoms with van der Waals surface area (Å²) in [6.07, 6.45) is 46.3. The minimum absolute atomic E-state index is 1.08. The number of fused-ring (bicyclic) bond motifs is 1. The quantitative estimate of drug-likeness (QED) is 0.348. The van der Waals surface area contributed by atoms with Gasteiger partial charge in [0.2, 0.25) is 0 Å². The molecule has 4 saturated carbocycles. The van der Waals surface area contributed by atoms with Gasteiger partial charge in [0.1, 0.15) is 0 Å². The Morgan fingerprint density at radius 2 is 0.733 bits per heavy atom. The Kier molecular flexibility index (Phi) is 15.7. The normalized spacial score (nSPS) is 27.5. The summed E-state index contributed by atoms with van der Waals surface area (Å²) < 4.78 is 0. The Hall–Kier alpha value is -1.04. The Balaban J connectivity index is 0.000000139. The molecule has 6 rings (SSSR count). The first-order valence-corrected chi connectivity index (χ1v) is 13.6. The minimum Gasteiger partial charge on any atom is -0.0885 e. The van der Waals surface area contributed by atoms with Crippen molar-refractivity contribution in [3.63, 3.8) is 0 Å². The van der Waals surface area contributed by atoms with Crippen molar-refractivity contribution >= 4 is 0 Å². The molecule has 0 aliphatic heterocycles. The highest BCUT2D eigenvalue weighted by molar-refractivity contribution is 5.16. The van der Waals surface area contributed by atoms with Crippen molar-refractivity contribution in [1.29, 1.82) is 0 Å². The zero-order valence-electron chi connectivity index (χ0n) is 19.9. The fourth-order valence-corrected chi connectivity index (χ4v) is 4.85. The molecule has 0 heterocycles. The fourth-order valence-electron chi connectivity index (χ4n) is 4.85. The SMILES string of the molecule is C1=CC=CCC=C1.C1=CCCCC1.C1CC1.C1CCC2CCCC2C1.C1CCCC1. The van der Waals surface area contributed by atoms with Crippen LogP contribution in [-0.4, -0.2) is 0 Å². The molecule has 30 heavy (non-hydrogen) atoms. The lowest BCUT2D eigenvalue weighted by molar-refractivity contribution is 0.277. The van der Waals surface area contributed by atoms with Crippen LogP contribution in [0.2, 0.25) is 0 Å². The zero-order chi connectivity index (χ0) is 21.0. The highest BCUT2D eigenvalue weighted by Crippen LogP contribution is 2.41. The standard InChI is InChI=1S/C9H16.C7H8.C6H10.C5H10.C3H6/c1-2-5-9-7-3-6-8(9)4-1;1-2-4-6-7-5-3-1;1-2-4-6-5-3-1;1-2-4-5-3-1;1-2-3-1/h8-9H,1-7H2;1-6H,7H2;1-2H,3-6H2;1-5H2;1-3H2. The van der Waals surface area contributed by atoms with Crippen molar-refractivity contribution < 1.29 is 0 Å². The third kappa shape index (κ3) is 14.9. The van der Waals surface area contributed by atoms with E-state index in [-0.39, 0.29) is 0 Å². The van der Waals surface area contributed by atoms with Gasteiger partial charge in [0, 0.05) is 0 Å². The van der Waals surface area contributed by atoms with E-state index in [4.69, 9.17) is 0 Å². The number of allylic oxidation sites excluding steroid dienone is 8. The summed E-state index contributed by atoms with van der Waals surface area (Å²) in [5.74, 6) is 2.33. The van der Waals surface area contributed by atoms with Crippen LogP contribution in [0.3, 0.4) is 0 Å². The van der Waals surface area contributed by atoms with Crippen molar-refractivity contribution in [1.82, 2.24) is 0 Å². The number of rotatable bonds is 0. The first-order valence-electron chi connectivity index (χ1n) is 13.6. The van der Waals surface area contributed by atoms with Gasteiger partial charge in [-0.1, -0.05) is 145 Å². The third-order valence-electron chi connectivity index (χ3n) is 6.86. The van der Waals surface area contributed by atoms with Gasteiger partial charge in [0.05, 0.1) is 0 Å². The lowest BCUT2D eigenvalue weighted by Crippen LogP contribution is -2.12. The molecule has 6 aliphatic rings. The molecule has 0 saturated heterocycles. The summed E-state index contributed by atoms with van der Waals surface area (Å²) in [7, 11) is 0. The smallest absolute Gasteiger partial charge is 0.0163 e. The Morgan fingerprint density at radius 3 is 1.10 bits per heavy atom. The van der Waals surface area contributed by atoms with Gasteiger partial charge in [0.15, 0.2) is 0 Å². The maximum absolute atomic E-state index is 2.27. The van der Waals surface area contributed by atoms with Gasteiger partial charge in [0.25, 0.3) is 0 Å². The van der Waals surface area contributed by atoms with E-state index in [1.807, 2.05) is 12.2 Å². The second-order valence-corrected chi connectivity index (χ2v) is 9.80. The van der Waals surface area contributed by atoms with E-state index < -0.39 is 0 Å². The van der Waals surface area contributed by atoms with Gasteiger partial charge in [-0.05, 0) is 43.9 Å². The van der Waals surface area contributed by atoms with E-state index in [0.717, 1.165) is 6.42 Å². The van der Waals surface area contributed by atoms with Crippen LogP contribution in [0.1, 0.15) is 128 Å². The van der Waals surface area contributed by atoms with Gasteiger partial charge in [-0.2, -0.15) is 0 Å². The molecule has 0 spiro atoms. The predicted molar refractivity (Wildman–Crippen MR) is 136 cm³/mol. The maximum Gasteiger partial charge on any atom is -0.0163 e. The summed E-state index contributed by atoms with van der Waals surface area (Å²) in [6, 6.07) is 0. The van der Waals surface area contributed by atoms with Crippen LogP contribution in [0.15, 0.2) is 48.6 Å². The van der Waals surface area contributed by atoms with Crippen LogP contribution in [0.25, 0.3) is 0 Å². The molecule has 2 atom stereocenters. The molecule has 0 amide bonds. The first-order chi connectivity index (χ1) is 15.0. The van der Waals surface area contributed by atoms with Gasteiger partial charge in [-0.25, -0.2) is 0 Å². The van der Waals surface area contributed by atoms with E-state index in [9.17, 15) is 0 Å². The molecule has 0 bridgehead atoms. The van der Waals surface area contributed by atoms with E-state index in [1.165, 1.54) is 108 Å². The molecule has 0 heteroatoms. The van der Waals surface area contributed by atoms with E-state index in [2.05, 4.69) is 36.5 Å². The van der Waals surface area contributed by atoms with Crippen LogP contribution in [0.4, 0.5) is 0 Å². The lowest BCUT2D eigenvalue weighted by atomic mass is 9.82. The number of hydrogen-bond acceptors (Lipinski definition) is 0. The monoisotopic (exact) mass is 410 g/mol. The maximum atomic E-state index is 2.27. The van der Waals surface area contributed by atoms with Gasteiger partial charge in [-0.15, -0.1) is 0 Å². The molecule has 6 aliphatic carbocycles. The lowest BCUT2D eigenvalue weighted by Gasteiger charge is -2.24. The van der Waals surface area contributed by atoms with Crippen LogP contribution >= 0.6 is 0 Å². The molecule has 170 valence electrons. The van der Waals surface area contributed by atoms with Crippen LogP contribution in [0.5, 0.6) is 0 Å². The average Bonchev–Trinajstić information content (AvgIpc) is 3.51. The van der Waals surface area contributed by atoms with Crippen molar-refractivity contribution in [2.45, 2.75) is 128 Å². The minimum atomic E-state index is 1.08. The summed E-state index contributed by atoms with van der Waals surface area (Å²) in [6.45, 7) is 0. The molecular formula is C30H50. The van der Waals surface area contributed by atoms with Gasteiger partial charge in [-0.3, -0.25) is 0 Å². The first kappa shape index (κ1) is 25.2. The van der Waals surface area contributed by atoms with E-state index in [0.29, 0.717) is 0 Å². The molecule has 0 aromatic rings. The van der Waals surface area contributed by atoms with Crippen molar-refractivity contribution in [3.05, 3.63) is 48.6 Å². The summed E-state index contributed by atoms with van der Waals surface area (Å²) in [5, 5.41) is 0. The highest BCUT2D eigenvalue weighted by Gasteiger charge is 2.28. The Bertz CT molecular complexity index is 442. The predicted octanol–water partition coefficient (Wildman–Crippen LogP) is 10.3. The molecule has 0 radical (unpaired) electrons. The van der Waals surface area contributed by atoms with Crippen molar-refractivity contribution in [3.8, 4) is 0 Å². The summed E-state index contributed by atoms with van der Waals surface area (Å²) in [4.78, 5) is 0. The Morgan fingerprint density at radius 1 is 0.333 bits per heavy atom. The molecule has 4 fully saturated rings. The van der Waals surface area contributed by atoms with Gasteiger partial charge < -0.3 is 0 Å². The van der Waals surface area contributed by atoms with Crippen molar-refractivity contribution in [2.75, 3.05) is 0 Å². The molecule has 0 N–H and O–H groups in total. The third-order valence-corrected chi connectivity index (χ3v) is 6.86. The van der Waals surface area contributed by atoms with Crippen LogP contribution < -0.4 is 0 Å². The van der Waals surface area contributed by atoms with Crippen LogP contribution in [0, 0.1) is 11.8 Å². The molecule has 0 aromatic carbocycles.